The molecule has 0 radical (unpaired) electrons. The number of amidine groups is 1. The molecule has 1 N–H and O–H groups in total. The van der Waals surface area contributed by atoms with Crippen molar-refractivity contribution in [2.45, 2.75) is 18.5 Å². The monoisotopic (exact) mass is 577 g/mol. The molecule has 0 unspecified atom stereocenters. The van der Waals surface area contributed by atoms with Gasteiger partial charge in [-0.15, -0.1) is 0 Å². The van der Waals surface area contributed by atoms with Crippen LogP contribution in [0.2, 0.25) is 0 Å². The number of nitrogens with one attached hydrogen (secondary N) is 1. The first-order valence-corrected chi connectivity index (χ1v) is 13.8. The summed E-state index contributed by atoms with van der Waals surface area (Å²) in [6.07, 6.45) is 2.13. The lowest BCUT2D eigenvalue weighted by molar-refractivity contribution is -0.113. The van der Waals surface area contributed by atoms with Crippen LogP contribution in [0.3, 0.4) is 0 Å². The highest BCUT2D eigenvalue weighted by Crippen LogP contribution is 2.38. The van der Waals surface area contributed by atoms with E-state index in [1.807, 2.05) is 0 Å². The molecule has 1 amide bonds. The van der Waals surface area contributed by atoms with Crippen molar-refractivity contribution in [3.05, 3.63) is 94.1 Å². The molecule has 0 saturated carbocycles. The van der Waals surface area contributed by atoms with Crippen molar-refractivity contribution in [1.29, 1.82) is 0 Å². The maximum absolute atomic E-state index is 13.0. The highest BCUT2D eigenvalue weighted by atomic mass is 32.2. The predicted molar refractivity (Wildman–Crippen MR) is 141 cm³/mol. The Bertz CT molecular complexity index is 1590. The second-order valence-corrected chi connectivity index (χ2v) is 11.3. The Labute approximate surface area is 225 Å². The van der Waals surface area contributed by atoms with Gasteiger partial charge >= 0.3 is 15.5 Å². The Morgan fingerprint density at radius 3 is 2.46 bits per heavy atom. The molecule has 5 rings (SSSR count). The van der Waals surface area contributed by atoms with Gasteiger partial charge in [0.15, 0.2) is 5.17 Å². The van der Waals surface area contributed by atoms with Gasteiger partial charge < -0.3 is 9.64 Å². The third kappa shape index (κ3) is 5.93. The molecule has 7 nitrogen and oxygen atoms in total. The van der Waals surface area contributed by atoms with Crippen LogP contribution in [-0.4, -0.2) is 31.5 Å². The van der Waals surface area contributed by atoms with Crippen LogP contribution in [0.25, 0.3) is 6.08 Å². The topological polar surface area (TPSA) is 88.1 Å². The number of anilines is 2. The number of nitrogens with zero attached hydrogens (tertiary/aromatic N) is 2. The summed E-state index contributed by atoms with van der Waals surface area (Å²) in [5.41, 5.74) is -2.79. The van der Waals surface area contributed by atoms with Gasteiger partial charge in [-0.05, 0) is 83.4 Å². The van der Waals surface area contributed by atoms with Crippen LogP contribution in [0.1, 0.15) is 16.7 Å². The van der Waals surface area contributed by atoms with Gasteiger partial charge in [0.25, 0.3) is 5.91 Å². The molecule has 0 fully saturated rings. The Hall–Kier alpha value is -3.84. The largest absolute Gasteiger partial charge is 0.516 e. The van der Waals surface area contributed by atoms with Crippen molar-refractivity contribution < 1.29 is 35.5 Å². The fourth-order valence-electron chi connectivity index (χ4n) is 3.95. The first-order valence-electron chi connectivity index (χ1n) is 11.5. The van der Waals surface area contributed by atoms with Crippen molar-refractivity contribution in [2.75, 3.05) is 16.2 Å². The van der Waals surface area contributed by atoms with E-state index in [0.717, 1.165) is 11.1 Å². The van der Waals surface area contributed by atoms with Crippen LogP contribution in [-0.2, 0) is 27.8 Å². The molecule has 202 valence electrons. The number of aliphatic imine (C=N–C) groups is 1. The molecule has 0 atom stereocenters. The number of carbonyl (C=O) groups excluding carboxylic acids is 1. The van der Waals surface area contributed by atoms with Crippen LogP contribution in [0.4, 0.5) is 28.9 Å². The Balaban J connectivity index is 1.23. The molecule has 3 aromatic rings. The third-order valence-electron chi connectivity index (χ3n) is 5.87. The number of carbonyl (C=O) groups is 1. The van der Waals surface area contributed by atoms with E-state index in [1.165, 1.54) is 42.1 Å². The average molecular weight is 578 g/mol. The zero-order valence-corrected chi connectivity index (χ0v) is 21.5. The van der Waals surface area contributed by atoms with E-state index in [-0.39, 0.29) is 18.1 Å². The molecule has 0 spiro atoms. The second kappa shape index (κ2) is 10.4. The van der Waals surface area contributed by atoms with Gasteiger partial charge in [-0.1, -0.05) is 24.3 Å². The third-order valence-corrected chi connectivity index (χ3v) is 7.99. The fraction of sp³-hybridized carbons (Fsp3) is 0.154. The molecule has 39 heavy (non-hydrogen) atoms. The lowest BCUT2D eigenvalue weighted by Crippen LogP contribution is -2.29. The SMILES string of the molecule is O=C1N=C(N2CCc3cc(NS(=O)(=O)C(F)(F)F)ccc32)S/C1=C/c1ccc(OCc2ccc(F)cc2)cc1. The molecule has 0 saturated heterocycles. The van der Waals surface area contributed by atoms with E-state index in [4.69, 9.17) is 4.74 Å². The lowest BCUT2D eigenvalue weighted by Gasteiger charge is -2.18. The van der Waals surface area contributed by atoms with Gasteiger partial charge in [-0.25, -0.2) is 4.39 Å². The molecule has 2 aliphatic rings. The predicted octanol–water partition coefficient (Wildman–Crippen LogP) is 5.70. The molecule has 2 heterocycles. The van der Waals surface area contributed by atoms with Gasteiger partial charge in [0.05, 0.1) is 4.91 Å². The van der Waals surface area contributed by atoms with Gasteiger partial charge in [-0.3, -0.25) is 9.52 Å². The van der Waals surface area contributed by atoms with Crippen molar-refractivity contribution in [1.82, 2.24) is 0 Å². The van der Waals surface area contributed by atoms with E-state index in [0.29, 0.717) is 40.0 Å². The summed E-state index contributed by atoms with van der Waals surface area (Å²) < 4.78 is 81.2. The summed E-state index contributed by atoms with van der Waals surface area (Å²) in [5.74, 6) is -0.135. The fourth-order valence-corrected chi connectivity index (χ4v) is 5.46. The van der Waals surface area contributed by atoms with E-state index < -0.39 is 21.4 Å². The highest BCUT2D eigenvalue weighted by Gasteiger charge is 2.46. The molecule has 3 aromatic carbocycles. The zero-order valence-electron chi connectivity index (χ0n) is 19.9. The van der Waals surface area contributed by atoms with Gasteiger partial charge in [0.2, 0.25) is 0 Å². The van der Waals surface area contributed by atoms with Gasteiger partial charge in [0.1, 0.15) is 18.2 Å². The summed E-state index contributed by atoms with van der Waals surface area (Å²) in [7, 11) is -5.53. The average Bonchev–Trinajstić information content (AvgIpc) is 3.46. The van der Waals surface area contributed by atoms with Crippen molar-refractivity contribution >= 4 is 50.3 Å². The highest BCUT2D eigenvalue weighted by molar-refractivity contribution is 8.18. The second-order valence-electron chi connectivity index (χ2n) is 8.59. The number of rotatable bonds is 6. The molecule has 13 heteroatoms. The zero-order chi connectivity index (χ0) is 27.8. The number of sulfonamides is 1. The van der Waals surface area contributed by atoms with E-state index in [9.17, 15) is 30.8 Å². The number of hydrogen-bond donors (Lipinski definition) is 1. The van der Waals surface area contributed by atoms with Crippen LogP contribution < -0.4 is 14.4 Å². The minimum absolute atomic E-state index is 0.198. The normalized spacial score (nSPS) is 16.4. The lowest BCUT2D eigenvalue weighted by atomic mass is 10.1. The first kappa shape index (κ1) is 26.8. The summed E-state index contributed by atoms with van der Waals surface area (Å²) in [5, 5.41) is 0.424. The number of halogens is 4. The Kier molecular flexibility index (Phi) is 7.12. The maximum Gasteiger partial charge on any atom is 0.516 e. The maximum atomic E-state index is 13.0. The number of alkyl halides is 3. The van der Waals surface area contributed by atoms with Crippen LogP contribution in [0.15, 0.2) is 76.6 Å². The van der Waals surface area contributed by atoms with Crippen LogP contribution in [0, 0.1) is 5.82 Å². The molecule has 0 aliphatic carbocycles. The minimum Gasteiger partial charge on any atom is -0.489 e. The molecule has 0 bridgehead atoms. The number of benzene rings is 3. The Morgan fingerprint density at radius 2 is 1.77 bits per heavy atom. The van der Waals surface area contributed by atoms with E-state index >= 15 is 0 Å². The van der Waals surface area contributed by atoms with Gasteiger partial charge in [-0.2, -0.15) is 26.6 Å². The number of fused-ring (bicyclic) bond motifs is 1. The smallest absolute Gasteiger partial charge is 0.489 e. The van der Waals surface area contributed by atoms with E-state index in [1.54, 1.807) is 52.1 Å². The summed E-state index contributed by atoms with van der Waals surface area (Å²) in [4.78, 5) is 18.9. The van der Waals surface area contributed by atoms with Crippen LogP contribution in [0.5, 0.6) is 5.75 Å². The van der Waals surface area contributed by atoms with E-state index in [2.05, 4.69) is 4.99 Å². The minimum atomic E-state index is -5.53. The molecular weight excluding hydrogens is 558 g/mol. The summed E-state index contributed by atoms with van der Waals surface area (Å²) >= 11 is 1.17. The first-order chi connectivity index (χ1) is 18.5. The number of hydrogen-bond acceptors (Lipinski definition) is 6. The van der Waals surface area contributed by atoms with Crippen molar-refractivity contribution in [2.24, 2.45) is 4.99 Å². The van der Waals surface area contributed by atoms with Gasteiger partial charge in [0, 0.05) is 17.9 Å². The molecule has 2 aliphatic heterocycles. The quantitative estimate of drug-likeness (QED) is 0.299. The standard InChI is InChI=1S/C26H19F4N3O4S2/c27-19-5-1-17(2-6-19)15-37-21-8-3-16(4-9-21)13-23-24(34)31-25(38-23)33-12-11-18-14-20(7-10-22(18)33)32-39(35,36)26(28,29)30/h1-10,13-14,32H,11-12,15H2/b23-13+. The number of ether oxygens (including phenoxy) is 1. The summed E-state index contributed by atoms with van der Waals surface area (Å²) in [6.45, 7) is 0.705. The van der Waals surface area contributed by atoms with Crippen LogP contribution >= 0.6 is 11.8 Å². The number of thioether (sulfide) groups is 1. The Morgan fingerprint density at radius 1 is 1.05 bits per heavy atom. The molecular formula is C26H19F4N3O4S2. The van der Waals surface area contributed by atoms with Crippen molar-refractivity contribution in [3.8, 4) is 5.75 Å². The number of amides is 1. The molecule has 0 aromatic heterocycles. The van der Waals surface area contributed by atoms with Crippen molar-refractivity contribution in [3.63, 3.8) is 0 Å². The summed E-state index contributed by atoms with van der Waals surface area (Å²) in [6, 6.07) is 17.2.